The van der Waals surface area contributed by atoms with Crippen LogP contribution in [-0.4, -0.2) is 35.3 Å². The zero-order valence-electron chi connectivity index (χ0n) is 15.4. The minimum absolute atomic E-state index is 0.0269. The van der Waals surface area contributed by atoms with Gasteiger partial charge in [-0.05, 0) is 63.2 Å². The van der Waals surface area contributed by atoms with Crippen LogP contribution >= 0.6 is 11.3 Å². The van der Waals surface area contributed by atoms with Gasteiger partial charge in [0.15, 0.2) is 4.80 Å². The predicted octanol–water partition coefficient (Wildman–Crippen LogP) is 2.85. The van der Waals surface area contributed by atoms with Crippen LogP contribution in [0.3, 0.4) is 0 Å². The third kappa shape index (κ3) is 2.95. The number of nitrogens with zero attached hydrogens (tertiary/aromatic N) is 2. The molecule has 0 radical (unpaired) electrons. The number of hydrogen-bond donors (Lipinski definition) is 1. The third-order valence-corrected chi connectivity index (χ3v) is 7.73. The molecule has 0 spiro atoms. The molecule has 1 amide bonds. The lowest BCUT2D eigenvalue weighted by Crippen LogP contribution is -2.50. The molecule has 6 nitrogen and oxygen atoms in total. The molecular formula is C19H26N2O4S. The molecule has 142 valence electrons. The molecule has 0 aliphatic heterocycles. The molecule has 1 aromatic rings. The molecule has 0 aromatic carbocycles. The molecule has 4 bridgehead atoms. The molecule has 7 heteroatoms. The Morgan fingerprint density at radius 1 is 1.23 bits per heavy atom. The lowest BCUT2D eigenvalue weighted by atomic mass is 9.49. The van der Waals surface area contributed by atoms with Crippen molar-refractivity contribution in [3.63, 3.8) is 0 Å². The zero-order valence-corrected chi connectivity index (χ0v) is 16.2. The number of aromatic carboxylic acids is 1. The molecule has 4 aliphatic carbocycles. The molecular weight excluding hydrogens is 352 g/mol. The molecule has 4 aliphatic rings. The van der Waals surface area contributed by atoms with Crippen LogP contribution < -0.4 is 4.80 Å². The fourth-order valence-electron chi connectivity index (χ4n) is 5.79. The van der Waals surface area contributed by atoms with Crippen molar-refractivity contribution < 1.29 is 19.4 Å². The Bertz CT molecular complexity index is 772. The van der Waals surface area contributed by atoms with Gasteiger partial charge in [-0.1, -0.05) is 11.3 Å². The average molecular weight is 378 g/mol. The Labute approximate surface area is 156 Å². The first-order valence-corrected chi connectivity index (χ1v) is 10.2. The van der Waals surface area contributed by atoms with Gasteiger partial charge in [0.05, 0.1) is 12.0 Å². The smallest absolute Gasteiger partial charge is 0.347 e. The van der Waals surface area contributed by atoms with Crippen LogP contribution in [-0.2, 0) is 16.1 Å². The van der Waals surface area contributed by atoms with Crippen LogP contribution in [0.2, 0.25) is 0 Å². The number of carboxylic acids is 1. The summed E-state index contributed by atoms with van der Waals surface area (Å²) in [6.07, 6.45) is 6.74. The second-order valence-electron chi connectivity index (χ2n) is 8.36. The van der Waals surface area contributed by atoms with Crippen LogP contribution in [0.5, 0.6) is 0 Å². The fraction of sp³-hybridized carbons (Fsp3) is 0.737. The lowest BCUT2D eigenvalue weighted by molar-refractivity contribution is -0.142. The van der Waals surface area contributed by atoms with Gasteiger partial charge in [-0.3, -0.25) is 4.79 Å². The van der Waals surface area contributed by atoms with Gasteiger partial charge < -0.3 is 14.4 Å². The van der Waals surface area contributed by atoms with Gasteiger partial charge in [0.25, 0.3) is 5.91 Å². The van der Waals surface area contributed by atoms with Gasteiger partial charge in [0.2, 0.25) is 0 Å². The quantitative estimate of drug-likeness (QED) is 0.854. The second kappa shape index (κ2) is 6.60. The molecule has 0 atom stereocenters. The van der Waals surface area contributed by atoms with Gasteiger partial charge in [-0.25, -0.2) is 4.79 Å². The van der Waals surface area contributed by atoms with E-state index in [9.17, 15) is 14.7 Å². The van der Waals surface area contributed by atoms with Gasteiger partial charge in [0.1, 0.15) is 4.88 Å². The number of thiazole rings is 1. The third-order valence-electron chi connectivity index (χ3n) is 6.56. The maximum absolute atomic E-state index is 13.2. The first-order valence-electron chi connectivity index (χ1n) is 9.43. The summed E-state index contributed by atoms with van der Waals surface area (Å²) in [5, 5.41) is 9.43. The van der Waals surface area contributed by atoms with E-state index in [0.29, 0.717) is 41.4 Å². The fourth-order valence-corrected chi connectivity index (χ4v) is 6.79. The number of ether oxygens (including phenoxy) is 1. The Hall–Kier alpha value is -1.47. The maximum atomic E-state index is 13.2. The van der Waals surface area contributed by atoms with E-state index in [2.05, 4.69) is 4.99 Å². The Morgan fingerprint density at radius 2 is 1.81 bits per heavy atom. The van der Waals surface area contributed by atoms with Crippen LogP contribution in [0.4, 0.5) is 0 Å². The van der Waals surface area contributed by atoms with Gasteiger partial charge in [0, 0.05) is 19.3 Å². The molecule has 1 heterocycles. The molecule has 26 heavy (non-hydrogen) atoms. The van der Waals surface area contributed by atoms with E-state index >= 15 is 0 Å². The summed E-state index contributed by atoms with van der Waals surface area (Å²) in [4.78, 5) is 30.0. The summed E-state index contributed by atoms with van der Waals surface area (Å²) in [5.41, 5.74) is 0.339. The number of rotatable bonds is 5. The maximum Gasteiger partial charge on any atom is 0.347 e. The molecule has 1 N–H and O–H groups in total. The molecule has 5 rings (SSSR count). The number of amides is 1. The van der Waals surface area contributed by atoms with E-state index in [1.54, 1.807) is 14.0 Å². The highest BCUT2D eigenvalue weighted by molar-refractivity contribution is 7.11. The number of carboxylic acid groups (broad SMARTS) is 1. The monoisotopic (exact) mass is 378 g/mol. The number of methoxy groups -OCH3 is 1. The van der Waals surface area contributed by atoms with Crippen LogP contribution in [0.25, 0.3) is 0 Å². The van der Waals surface area contributed by atoms with E-state index in [0.717, 1.165) is 30.6 Å². The summed E-state index contributed by atoms with van der Waals surface area (Å²) in [6, 6.07) is 0. The Kier molecular flexibility index (Phi) is 4.55. The van der Waals surface area contributed by atoms with E-state index < -0.39 is 5.97 Å². The number of hydrogen-bond acceptors (Lipinski definition) is 4. The molecule has 1 aromatic heterocycles. The minimum Gasteiger partial charge on any atom is -0.477 e. The van der Waals surface area contributed by atoms with Crippen molar-refractivity contribution >= 4 is 23.2 Å². The minimum atomic E-state index is -0.970. The molecule has 4 saturated carbocycles. The summed E-state index contributed by atoms with van der Waals surface area (Å²) in [6.45, 7) is 2.72. The Morgan fingerprint density at radius 3 is 2.31 bits per heavy atom. The van der Waals surface area contributed by atoms with Crippen molar-refractivity contribution in [1.29, 1.82) is 0 Å². The SMILES string of the molecule is COCCn1c(C)c(C(=O)O)sc1=NC(=O)C12CC3CC(CC(C3)C1)C2. The second-order valence-corrected chi connectivity index (χ2v) is 9.34. The van der Waals surface area contributed by atoms with Crippen molar-refractivity contribution in [2.24, 2.45) is 28.2 Å². The highest BCUT2D eigenvalue weighted by Crippen LogP contribution is 2.60. The highest BCUT2D eigenvalue weighted by Gasteiger charge is 2.54. The standard InChI is InChI=1S/C19H26N2O4S/c1-11-15(16(22)23)26-18(21(11)3-4-25-2)20-17(24)19-8-12-5-13(9-19)7-14(6-12)10-19/h12-14H,3-10H2,1-2H3,(H,22,23). The molecule has 0 saturated heterocycles. The Balaban J connectivity index is 1.70. The first-order chi connectivity index (χ1) is 12.4. The number of carbonyl (C=O) groups is 2. The largest absolute Gasteiger partial charge is 0.477 e. The highest BCUT2D eigenvalue weighted by atomic mass is 32.1. The lowest BCUT2D eigenvalue weighted by Gasteiger charge is -2.55. The van der Waals surface area contributed by atoms with E-state index in [4.69, 9.17) is 4.74 Å². The van der Waals surface area contributed by atoms with Crippen LogP contribution in [0.15, 0.2) is 4.99 Å². The van der Waals surface area contributed by atoms with Gasteiger partial charge >= 0.3 is 5.97 Å². The molecule has 0 unspecified atom stereocenters. The van der Waals surface area contributed by atoms with Gasteiger partial charge in [-0.15, -0.1) is 0 Å². The number of aromatic nitrogens is 1. The first kappa shape index (κ1) is 17.9. The van der Waals surface area contributed by atoms with Crippen LogP contribution in [0, 0.1) is 30.1 Å². The summed E-state index contributed by atoms with van der Waals surface area (Å²) >= 11 is 1.10. The van der Waals surface area contributed by atoms with Crippen LogP contribution in [0.1, 0.15) is 53.9 Å². The van der Waals surface area contributed by atoms with Crippen molar-refractivity contribution in [2.45, 2.75) is 52.0 Å². The van der Waals surface area contributed by atoms with E-state index in [-0.39, 0.29) is 16.2 Å². The predicted molar refractivity (Wildman–Crippen MR) is 97.1 cm³/mol. The van der Waals surface area contributed by atoms with Crippen molar-refractivity contribution in [2.75, 3.05) is 13.7 Å². The summed E-state index contributed by atoms with van der Waals surface area (Å²) in [7, 11) is 1.61. The topological polar surface area (TPSA) is 80.9 Å². The van der Waals surface area contributed by atoms with Crippen molar-refractivity contribution in [3.8, 4) is 0 Å². The zero-order chi connectivity index (χ0) is 18.5. The normalized spacial score (nSPS) is 33.0. The summed E-state index contributed by atoms with van der Waals surface area (Å²) < 4.78 is 6.96. The number of carbonyl (C=O) groups excluding carboxylic acids is 1. The van der Waals surface area contributed by atoms with Crippen molar-refractivity contribution in [3.05, 3.63) is 15.4 Å². The van der Waals surface area contributed by atoms with Gasteiger partial charge in [-0.2, -0.15) is 4.99 Å². The molecule has 4 fully saturated rings. The van der Waals surface area contributed by atoms with Crippen molar-refractivity contribution in [1.82, 2.24) is 4.57 Å². The van der Waals surface area contributed by atoms with E-state index in [1.807, 2.05) is 4.57 Å². The van der Waals surface area contributed by atoms with E-state index in [1.165, 1.54) is 19.3 Å². The summed E-state index contributed by atoms with van der Waals surface area (Å²) in [5.74, 6) is 1.05. The average Bonchev–Trinajstić information content (AvgIpc) is 2.87.